The van der Waals surface area contributed by atoms with Gasteiger partial charge < -0.3 is 20.7 Å². The lowest BCUT2D eigenvalue weighted by molar-refractivity contribution is -0.123. The molecule has 0 aromatic rings. The van der Waals surface area contributed by atoms with Crippen molar-refractivity contribution >= 4 is 18.3 Å². The third kappa shape index (κ3) is 6.88. The van der Waals surface area contributed by atoms with Crippen LogP contribution in [0.25, 0.3) is 0 Å². The number of carbonyl (C=O) groups excluding carboxylic acids is 1. The Morgan fingerprint density at radius 2 is 2.25 bits per heavy atom. The number of halogens is 1. The number of rotatable bonds is 7. The number of nitrogens with two attached hydrogens (primary N) is 1. The summed E-state index contributed by atoms with van der Waals surface area (Å²) in [5.41, 5.74) is 5.58. The number of nitrogens with one attached hydrogen (secondary N) is 1. The van der Waals surface area contributed by atoms with Crippen LogP contribution >= 0.6 is 12.4 Å². The van der Waals surface area contributed by atoms with Gasteiger partial charge in [0, 0.05) is 38.9 Å². The minimum Gasteiger partial charge on any atom is -0.382 e. The van der Waals surface area contributed by atoms with Crippen molar-refractivity contribution in [3.63, 3.8) is 0 Å². The fraction of sp³-hybridized carbons (Fsp3) is 0.929. The summed E-state index contributed by atoms with van der Waals surface area (Å²) in [5.74, 6) is 0.435. The summed E-state index contributed by atoms with van der Waals surface area (Å²) in [5, 5.41) is 3.05. The number of ether oxygens (including phenoxy) is 1. The van der Waals surface area contributed by atoms with Gasteiger partial charge in [-0.25, -0.2) is 0 Å². The van der Waals surface area contributed by atoms with E-state index in [-0.39, 0.29) is 24.4 Å². The molecule has 1 fully saturated rings. The van der Waals surface area contributed by atoms with Crippen LogP contribution in [0, 0.1) is 5.92 Å². The summed E-state index contributed by atoms with van der Waals surface area (Å²) in [4.78, 5) is 14.1. The molecule has 0 spiro atoms. The quantitative estimate of drug-likeness (QED) is 0.689. The van der Waals surface area contributed by atoms with Crippen molar-refractivity contribution in [1.29, 1.82) is 0 Å². The fourth-order valence-electron chi connectivity index (χ4n) is 2.50. The van der Waals surface area contributed by atoms with E-state index in [1.165, 1.54) is 0 Å². The Morgan fingerprint density at radius 1 is 1.55 bits per heavy atom. The molecule has 3 unspecified atom stereocenters. The first kappa shape index (κ1) is 19.6. The molecule has 1 aliphatic rings. The van der Waals surface area contributed by atoms with E-state index in [4.69, 9.17) is 10.5 Å². The Labute approximate surface area is 129 Å². The normalized spacial score (nSPS) is 24.8. The van der Waals surface area contributed by atoms with Crippen LogP contribution in [0.5, 0.6) is 0 Å². The van der Waals surface area contributed by atoms with Gasteiger partial charge in [-0.3, -0.25) is 4.79 Å². The lowest BCUT2D eigenvalue weighted by Gasteiger charge is -2.37. The maximum atomic E-state index is 11.6. The first-order chi connectivity index (χ1) is 9.04. The molecule has 3 atom stereocenters. The summed E-state index contributed by atoms with van der Waals surface area (Å²) in [6.45, 7) is 10.7. The van der Waals surface area contributed by atoms with Crippen molar-refractivity contribution in [2.75, 3.05) is 32.8 Å². The van der Waals surface area contributed by atoms with Gasteiger partial charge in [0.15, 0.2) is 0 Å². The van der Waals surface area contributed by atoms with E-state index in [0.29, 0.717) is 5.92 Å². The van der Waals surface area contributed by atoms with Crippen LogP contribution in [0.4, 0.5) is 0 Å². The van der Waals surface area contributed by atoms with Crippen LogP contribution in [0.15, 0.2) is 0 Å². The van der Waals surface area contributed by atoms with E-state index < -0.39 is 6.04 Å². The van der Waals surface area contributed by atoms with Gasteiger partial charge in [0.25, 0.3) is 0 Å². The zero-order valence-electron chi connectivity index (χ0n) is 12.9. The molecule has 0 bridgehead atoms. The second kappa shape index (κ2) is 10.4. The third-order valence-corrected chi connectivity index (χ3v) is 3.70. The summed E-state index contributed by atoms with van der Waals surface area (Å²) in [7, 11) is 0. The van der Waals surface area contributed by atoms with Gasteiger partial charge >= 0.3 is 0 Å². The topological polar surface area (TPSA) is 67.6 Å². The molecule has 0 aromatic heterocycles. The van der Waals surface area contributed by atoms with Gasteiger partial charge in [-0.1, -0.05) is 6.92 Å². The molecule has 20 heavy (non-hydrogen) atoms. The molecule has 5 nitrogen and oxygen atoms in total. The maximum absolute atomic E-state index is 11.6. The Bertz CT molecular complexity index is 277. The maximum Gasteiger partial charge on any atom is 0.236 e. The van der Waals surface area contributed by atoms with Crippen molar-refractivity contribution in [3.05, 3.63) is 0 Å². The summed E-state index contributed by atoms with van der Waals surface area (Å²) in [6.07, 6.45) is 2.09. The molecule has 6 heteroatoms. The standard InChI is InChI=1S/C14H29N3O2.ClH/c1-4-19-9-5-7-17-8-6-13(11(2)10-17)16-14(18)12(3)15;/h11-13H,4-10,15H2,1-3H3,(H,16,18);1H. The molecular weight excluding hydrogens is 278 g/mol. The minimum absolute atomic E-state index is 0. The molecule has 1 aliphatic heterocycles. The Hall–Kier alpha value is -0.360. The molecule has 1 saturated heterocycles. The SMILES string of the molecule is CCOCCCN1CCC(NC(=O)C(C)N)C(C)C1.Cl. The zero-order chi connectivity index (χ0) is 14.3. The summed E-state index contributed by atoms with van der Waals surface area (Å²) < 4.78 is 5.35. The van der Waals surface area contributed by atoms with Crippen LogP contribution in [0.1, 0.15) is 33.6 Å². The average molecular weight is 308 g/mol. The van der Waals surface area contributed by atoms with Gasteiger partial charge in [0.1, 0.15) is 0 Å². The number of piperidine rings is 1. The summed E-state index contributed by atoms with van der Waals surface area (Å²) >= 11 is 0. The predicted octanol–water partition coefficient (Wildman–Crippen LogP) is 1.01. The minimum atomic E-state index is -0.420. The number of amides is 1. The van der Waals surface area contributed by atoms with Crippen molar-refractivity contribution in [3.8, 4) is 0 Å². The number of hydrogen-bond acceptors (Lipinski definition) is 4. The molecule has 120 valence electrons. The number of likely N-dealkylation sites (tertiary alicyclic amines) is 1. The van der Waals surface area contributed by atoms with Crippen LogP contribution in [0.2, 0.25) is 0 Å². The molecular formula is C14H30ClN3O2. The highest BCUT2D eigenvalue weighted by Gasteiger charge is 2.27. The van der Waals surface area contributed by atoms with E-state index in [0.717, 1.165) is 45.7 Å². The number of carbonyl (C=O) groups is 1. The van der Waals surface area contributed by atoms with E-state index in [1.54, 1.807) is 6.92 Å². The third-order valence-electron chi connectivity index (χ3n) is 3.70. The van der Waals surface area contributed by atoms with Gasteiger partial charge in [-0.15, -0.1) is 12.4 Å². The predicted molar refractivity (Wildman–Crippen MR) is 84.2 cm³/mol. The van der Waals surface area contributed by atoms with Crippen LogP contribution in [-0.2, 0) is 9.53 Å². The van der Waals surface area contributed by atoms with Crippen molar-refractivity contribution in [1.82, 2.24) is 10.2 Å². The highest BCUT2D eigenvalue weighted by Crippen LogP contribution is 2.17. The van der Waals surface area contributed by atoms with Crippen molar-refractivity contribution < 1.29 is 9.53 Å². The van der Waals surface area contributed by atoms with Crippen molar-refractivity contribution in [2.24, 2.45) is 11.7 Å². The van der Waals surface area contributed by atoms with Gasteiger partial charge in [-0.2, -0.15) is 0 Å². The van der Waals surface area contributed by atoms with Gasteiger partial charge in [0.05, 0.1) is 6.04 Å². The second-order valence-corrected chi connectivity index (χ2v) is 5.52. The fourth-order valence-corrected chi connectivity index (χ4v) is 2.50. The largest absolute Gasteiger partial charge is 0.382 e. The lowest BCUT2D eigenvalue weighted by atomic mass is 9.93. The molecule has 3 N–H and O–H groups in total. The smallest absolute Gasteiger partial charge is 0.236 e. The Kier molecular flexibility index (Phi) is 10.2. The van der Waals surface area contributed by atoms with E-state index in [1.807, 2.05) is 6.92 Å². The van der Waals surface area contributed by atoms with Gasteiger partial charge in [-0.05, 0) is 32.6 Å². The first-order valence-corrected chi connectivity index (χ1v) is 7.40. The van der Waals surface area contributed by atoms with Crippen molar-refractivity contribution in [2.45, 2.75) is 45.7 Å². The first-order valence-electron chi connectivity index (χ1n) is 7.40. The van der Waals surface area contributed by atoms with Crippen LogP contribution < -0.4 is 11.1 Å². The molecule has 0 aliphatic carbocycles. The highest BCUT2D eigenvalue weighted by molar-refractivity contribution is 5.85. The second-order valence-electron chi connectivity index (χ2n) is 5.52. The highest BCUT2D eigenvalue weighted by atomic mass is 35.5. The molecule has 0 aromatic carbocycles. The van der Waals surface area contributed by atoms with E-state index in [2.05, 4.69) is 17.1 Å². The number of nitrogens with zero attached hydrogens (tertiary/aromatic N) is 1. The van der Waals surface area contributed by atoms with E-state index in [9.17, 15) is 4.79 Å². The monoisotopic (exact) mass is 307 g/mol. The Balaban J connectivity index is 0.00000361. The number of hydrogen-bond donors (Lipinski definition) is 2. The molecule has 0 saturated carbocycles. The Morgan fingerprint density at radius 3 is 2.80 bits per heavy atom. The van der Waals surface area contributed by atoms with Crippen LogP contribution in [-0.4, -0.2) is 55.7 Å². The zero-order valence-corrected chi connectivity index (χ0v) is 13.7. The van der Waals surface area contributed by atoms with Gasteiger partial charge in [0.2, 0.25) is 5.91 Å². The molecule has 1 heterocycles. The van der Waals surface area contributed by atoms with Crippen LogP contribution in [0.3, 0.4) is 0 Å². The molecule has 1 amide bonds. The molecule has 1 rings (SSSR count). The lowest BCUT2D eigenvalue weighted by Crippen LogP contribution is -2.53. The van der Waals surface area contributed by atoms with E-state index >= 15 is 0 Å². The molecule has 0 radical (unpaired) electrons. The average Bonchev–Trinajstić information content (AvgIpc) is 2.37. The summed E-state index contributed by atoms with van der Waals surface area (Å²) in [6, 6.07) is -0.155.